The van der Waals surface area contributed by atoms with E-state index in [0.717, 1.165) is 51.1 Å². The highest BCUT2D eigenvalue weighted by Crippen LogP contribution is 2.37. The molecule has 0 radical (unpaired) electrons. The number of aryl methyl sites for hydroxylation is 2. The standard InChI is InChI=1S/C19H32N4O/c1-15-16(2)21-23(17(15)3)14-8-11-20-18(24)19(9-4-5-10-19)22-12-6-7-13-22/h4-14H2,1-3H3,(H,20,24). The molecule has 0 atom stereocenters. The lowest BCUT2D eigenvalue weighted by Crippen LogP contribution is -2.56. The summed E-state index contributed by atoms with van der Waals surface area (Å²) in [5.74, 6) is 0.270. The molecular formula is C19H32N4O. The van der Waals surface area contributed by atoms with Crippen molar-refractivity contribution < 1.29 is 4.79 Å². The first kappa shape index (κ1) is 17.5. The summed E-state index contributed by atoms with van der Waals surface area (Å²) in [7, 11) is 0. The van der Waals surface area contributed by atoms with Crippen LogP contribution in [0.4, 0.5) is 0 Å². The highest BCUT2D eigenvalue weighted by Gasteiger charge is 2.46. The normalized spacial score (nSPS) is 20.6. The number of rotatable bonds is 6. The van der Waals surface area contributed by atoms with Crippen molar-refractivity contribution in [2.45, 2.75) is 77.8 Å². The Morgan fingerprint density at radius 2 is 1.79 bits per heavy atom. The van der Waals surface area contributed by atoms with Gasteiger partial charge in [-0.15, -0.1) is 0 Å². The molecule has 3 rings (SSSR count). The van der Waals surface area contributed by atoms with E-state index in [-0.39, 0.29) is 11.4 Å². The van der Waals surface area contributed by atoms with Gasteiger partial charge in [0, 0.05) is 18.8 Å². The molecule has 1 N–H and O–H groups in total. The molecule has 5 nitrogen and oxygen atoms in total. The molecule has 1 amide bonds. The van der Waals surface area contributed by atoms with Crippen LogP contribution in [0.3, 0.4) is 0 Å². The average Bonchev–Trinajstić information content (AvgIpc) is 3.30. The van der Waals surface area contributed by atoms with Crippen molar-refractivity contribution in [1.82, 2.24) is 20.0 Å². The van der Waals surface area contributed by atoms with Gasteiger partial charge in [0.2, 0.25) is 5.91 Å². The molecule has 0 unspecified atom stereocenters. The van der Waals surface area contributed by atoms with E-state index in [9.17, 15) is 4.79 Å². The maximum atomic E-state index is 12.9. The van der Waals surface area contributed by atoms with E-state index in [1.165, 1.54) is 36.9 Å². The van der Waals surface area contributed by atoms with Crippen LogP contribution in [0, 0.1) is 20.8 Å². The van der Waals surface area contributed by atoms with Crippen molar-refractivity contribution in [3.8, 4) is 0 Å². The van der Waals surface area contributed by atoms with E-state index in [0.29, 0.717) is 0 Å². The third-order valence-corrected chi connectivity index (χ3v) is 6.14. The molecule has 0 aromatic carbocycles. The van der Waals surface area contributed by atoms with Crippen LogP contribution in [-0.4, -0.2) is 45.8 Å². The fraction of sp³-hybridized carbons (Fsp3) is 0.789. The second kappa shape index (κ2) is 7.26. The number of nitrogens with zero attached hydrogens (tertiary/aromatic N) is 3. The van der Waals surface area contributed by atoms with Crippen molar-refractivity contribution in [2.24, 2.45) is 0 Å². The van der Waals surface area contributed by atoms with E-state index in [1.54, 1.807) is 0 Å². The summed E-state index contributed by atoms with van der Waals surface area (Å²) >= 11 is 0. The zero-order valence-electron chi connectivity index (χ0n) is 15.5. The molecule has 2 fully saturated rings. The van der Waals surface area contributed by atoms with E-state index in [1.807, 2.05) is 0 Å². The number of likely N-dealkylation sites (tertiary alicyclic amines) is 1. The second-order valence-electron chi connectivity index (χ2n) is 7.56. The molecule has 2 aliphatic rings. The first-order valence-corrected chi connectivity index (χ1v) is 9.58. The monoisotopic (exact) mass is 332 g/mol. The van der Waals surface area contributed by atoms with Gasteiger partial charge < -0.3 is 5.32 Å². The minimum Gasteiger partial charge on any atom is -0.354 e. The van der Waals surface area contributed by atoms with E-state index in [2.05, 4.69) is 40.8 Å². The fourth-order valence-electron chi connectivity index (χ4n) is 4.39. The molecule has 1 aliphatic heterocycles. The Morgan fingerprint density at radius 1 is 1.12 bits per heavy atom. The van der Waals surface area contributed by atoms with E-state index in [4.69, 9.17) is 0 Å². The molecule has 24 heavy (non-hydrogen) atoms. The number of carbonyl (C=O) groups excluding carboxylic acids is 1. The second-order valence-corrected chi connectivity index (χ2v) is 7.56. The zero-order valence-corrected chi connectivity index (χ0v) is 15.5. The molecule has 0 spiro atoms. The van der Waals surface area contributed by atoms with Crippen molar-refractivity contribution in [2.75, 3.05) is 19.6 Å². The van der Waals surface area contributed by atoms with Gasteiger partial charge >= 0.3 is 0 Å². The average molecular weight is 332 g/mol. The Labute approximate surface area is 145 Å². The summed E-state index contributed by atoms with van der Waals surface area (Å²) in [6.45, 7) is 10.1. The van der Waals surface area contributed by atoms with E-state index >= 15 is 0 Å². The van der Waals surface area contributed by atoms with Gasteiger partial charge in [0.15, 0.2) is 0 Å². The molecule has 1 saturated carbocycles. The van der Waals surface area contributed by atoms with Gasteiger partial charge in [-0.1, -0.05) is 12.8 Å². The highest BCUT2D eigenvalue weighted by atomic mass is 16.2. The first-order valence-electron chi connectivity index (χ1n) is 9.58. The van der Waals surface area contributed by atoms with Crippen LogP contribution < -0.4 is 5.32 Å². The third-order valence-electron chi connectivity index (χ3n) is 6.14. The van der Waals surface area contributed by atoms with Crippen molar-refractivity contribution in [3.05, 3.63) is 17.0 Å². The molecule has 5 heteroatoms. The number of aromatic nitrogens is 2. The van der Waals surface area contributed by atoms with Gasteiger partial charge in [-0.25, -0.2) is 0 Å². The minimum atomic E-state index is -0.203. The number of hydrogen-bond acceptors (Lipinski definition) is 3. The van der Waals surface area contributed by atoms with E-state index < -0.39 is 0 Å². The Kier molecular flexibility index (Phi) is 5.28. The minimum absolute atomic E-state index is 0.203. The molecular weight excluding hydrogens is 300 g/mol. The van der Waals surface area contributed by atoms with Crippen LogP contribution in [0.5, 0.6) is 0 Å². The largest absolute Gasteiger partial charge is 0.354 e. The summed E-state index contributed by atoms with van der Waals surface area (Å²) in [6.07, 6.45) is 7.87. The predicted molar refractivity (Wildman–Crippen MR) is 96.1 cm³/mol. The molecule has 1 aromatic rings. The van der Waals surface area contributed by atoms with Crippen LogP contribution in [0.15, 0.2) is 0 Å². The lowest BCUT2D eigenvalue weighted by Gasteiger charge is -2.37. The van der Waals surface area contributed by atoms with Gasteiger partial charge in [-0.3, -0.25) is 14.4 Å². The Hall–Kier alpha value is -1.36. The molecule has 1 aliphatic carbocycles. The Morgan fingerprint density at radius 3 is 2.38 bits per heavy atom. The highest BCUT2D eigenvalue weighted by molar-refractivity contribution is 5.86. The summed E-state index contributed by atoms with van der Waals surface area (Å²) < 4.78 is 2.07. The van der Waals surface area contributed by atoms with Gasteiger partial charge in [0.1, 0.15) is 5.54 Å². The van der Waals surface area contributed by atoms with Gasteiger partial charge in [-0.05, 0) is 71.5 Å². The fourth-order valence-corrected chi connectivity index (χ4v) is 4.39. The summed E-state index contributed by atoms with van der Waals surface area (Å²) in [5, 5.41) is 7.81. The van der Waals surface area contributed by atoms with Crippen molar-refractivity contribution in [3.63, 3.8) is 0 Å². The molecule has 1 aromatic heterocycles. The molecule has 1 saturated heterocycles. The quantitative estimate of drug-likeness (QED) is 0.815. The van der Waals surface area contributed by atoms with Gasteiger partial charge in [0.05, 0.1) is 5.69 Å². The Balaban J connectivity index is 1.52. The molecule has 2 heterocycles. The number of nitrogens with one attached hydrogen (secondary N) is 1. The van der Waals surface area contributed by atoms with Crippen LogP contribution in [0.1, 0.15) is 61.9 Å². The van der Waals surface area contributed by atoms with Crippen LogP contribution in [0.25, 0.3) is 0 Å². The Bertz CT molecular complexity index is 580. The molecule has 134 valence electrons. The number of carbonyl (C=O) groups is 1. The predicted octanol–water partition coefficient (Wildman–Crippen LogP) is 2.72. The van der Waals surface area contributed by atoms with Crippen molar-refractivity contribution >= 4 is 5.91 Å². The van der Waals surface area contributed by atoms with Gasteiger partial charge in [0.25, 0.3) is 0 Å². The zero-order chi connectivity index (χ0) is 17.2. The summed E-state index contributed by atoms with van der Waals surface area (Å²) in [4.78, 5) is 15.4. The SMILES string of the molecule is Cc1nn(CCCNC(=O)C2(N3CCCC3)CCCC2)c(C)c1C. The summed E-state index contributed by atoms with van der Waals surface area (Å²) in [6, 6.07) is 0. The topological polar surface area (TPSA) is 50.2 Å². The first-order chi connectivity index (χ1) is 11.5. The lowest BCUT2D eigenvalue weighted by molar-refractivity contribution is -0.132. The van der Waals surface area contributed by atoms with Crippen LogP contribution in [0.2, 0.25) is 0 Å². The van der Waals surface area contributed by atoms with Crippen LogP contribution >= 0.6 is 0 Å². The summed E-state index contributed by atoms with van der Waals surface area (Å²) in [5.41, 5.74) is 3.42. The van der Waals surface area contributed by atoms with Crippen LogP contribution in [-0.2, 0) is 11.3 Å². The lowest BCUT2D eigenvalue weighted by atomic mass is 9.94. The maximum Gasteiger partial charge on any atom is 0.240 e. The maximum absolute atomic E-state index is 12.9. The number of amides is 1. The van der Waals surface area contributed by atoms with Gasteiger partial charge in [-0.2, -0.15) is 5.10 Å². The number of hydrogen-bond donors (Lipinski definition) is 1. The van der Waals surface area contributed by atoms with Crippen molar-refractivity contribution in [1.29, 1.82) is 0 Å². The third kappa shape index (κ3) is 3.23. The molecule has 0 bridgehead atoms. The smallest absolute Gasteiger partial charge is 0.240 e.